The van der Waals surface area contributed by atoms with Gasteiger partial charge in [-0.05, 0) is 24.1 Å². The van der Waals surface area contributed by atoms with Crippen molar-refractivity contribution < 1.29 is 19.3 Å². The van der Waals surface area contributed by atoms with Crippen LogP contribution in [-0.4, -0.2) is 38.3 Å². The Labute approximate surface area is 136 Å². The van der Waals surface area contributed by atoms with Gasteiger partial charge in [0, 0.05) is 11.5 Å². The second kappa shape index (κ2) is 6.72. The maximum Gasteiger partial charge on any atom is 0.336 e. The molecule has 1 aromatic heterocycles. The molecule has 1 aliphatic rings. The second-order valence-corrected chi connectivity index (χ2v) is 6.66. The molecule has 5 heteroatoms. The number of aromatic hydroxyl groups is 1. The lowest BCUT2D eigenvalue weighted by atomic mass is 10.0. The van der Waals surface area contributed by atoms with Crippen molar-refractivity contribution in [1.29, 1.82) is 0 Å². The summed E-state index contributed by atoms with van der Waals surface area (Å²) < 4.78 is 5.49. The minimum absolute atomic E-state index is 0.230. The first kappa shape index (κ1) is 16.0. The minimum atomic E-state index is -0.328. The zero-order valence-electron chi connectivity index (χ0n) is 13.9. The second-order valence-electron chi connectivity index (χ2n) is 6.66. The normalized spacial score (nSPS) is 21.7. The number of benzene rings is 1. The van der Waals surface area contributed by atoms with Crippen LogP contribution in [0.3, 0.4) is 0 Å². The lowest BCUT2D eigenvalue weighted by Gasteiger charge is -2.27. The number of hydrogen-bond donors (Lipinski definition) is 3. The van der Waals surface area contributed by atoms with Crippen molar-refractivity contribution in [3.63, 3.8) is 0 Å². The number of phenols is 1. The van der Waals surface area contributed by atoms with Gasteiger partial charge in [0.2, 0.25) is 0 Å². The third-order valence-corrected chi connectivity index (χ3v) is 4.83. The SMILES string of the molecule is CCCc1cc(=O)oc2c(C[NH+]3CC[NH+](C)CC3)c(O)ccc12. The molecule has 0 bridgehead atoms. The van der Waals surface area contributed by atoms with Gasteiger partial charge < -0.3 is 19.3 Å². The van der Waals surface area contributed by atoms with Crippen LogP contribution >= 0.6 is 0 Å². The van der Waals surface area contributed by atoms with E-state index in [9.17, 15) is 9.90 Å². The molecule has 5 nitrogen and oxygen atoms in total. The zero-order valence-corrected chi connectivity index (χ0v) is 13.9. The summed E-state index contributed by atoms with van der Waals surface area (Å²) in [6.45, 7) is 7.20. The molecule has 0 radical (unpaired) electrons. The van der Waals surface area contributed by atoms with Crippen molar-refractivity contribution in [2.75, 3.05) is 33.2 Å². The predicted molar refractivity (Wildman–Crippen MR) is 89.2 cm³/mol. The highest BCUT2D eigenvalue weighted by Crippen LogP contribution is 2.28. The van der Waals surface area contributed by atoms with Crippen molar-refractivity contribution >= 4 is 11.0 Å². The monoisotopic (exact) mass is 318 g/mol. The topological polar surface area (TPSA) is 59.3 Å². The first-order valence-corrected chi connectivity index (χ1v) is 8.51. The Morgan fingerprint density at radius 2 is 1.96 bits per heavy atom. The van der Waals surface area contributed by atoms with E-state index in [0.29, 0.717) is 12.1 Å². The number of aryl methyl sites for hydroxylation is 1. The average molecular weight is 318 g/mol. The van der Waals surface area contributed by atoms with E-state index in [1.807, 2.05) is 6.07 Å². The van der Waals surface area contributed by atoms with Gasteiger partial charge in [0.05, 0.1) is 12.6 Å². The van der Waals surface area contributed by atoms with Gasteiger partial charge in [-0.2, -0.15) is 0 Å². The van der Waals surface area contributed by atoms with E-state index in [4.69, 9.17) is 4.42 Å². The summed E-state index contributed by atoms with van der Waals surface area (Å²) in [6, 6.07) is 5.18. The molecule has 0 spiro atoms. The lowest BCUT2D eigenvalue weighted by molar-refractivity contribution is -1.01. The van der Waals surface area contributed by atoms with Crippen LogP contribution in [0.1, 0.15) is 24.5 Å². The largest absolute Gasteiger partial charge is 0.507 e. The number of quaternary nitrogens is 2. The molecular weight excluding hydrogens is 292 g/mol. The van der Waals surface area contributed by atoms with Crippen LogP contribution in [0.2, 0.25) is 0 Å². The molecular formula is C18H26N2O3+2. The Bertz CT molecular complexity index is 746. The first-order valence-electron chi connectivity index (χ1n) is 8.51. The van der Waals surface area contributed by atoms with Crippen molar-refractivity contribution in [3.8, 4) is 5.75 Å². The molecule has 0 saturated carbocycles. The first-order chi connectivity index (χ1) is 11.1. The number of hydrogen-bond acceptors (Lipinski definition) is 3. The molecule has 124 valence electrons. The van der Waals surface area contributed by atoms with Gasteiger partial charge >= 0.3 is 5.63 Å². The summed E-state index contributed by atoms with van der Waals surface area (Å²) in [5, 5.41) is 11.3. The van der Waals surface area contributed by atoms with Crippen LogP contribution in [0.4, 0.5) is 0 Å². The van der Waals surface area contributed by atoms with Gasteiger partial charge in [-0.25, -0.2) is 4.79 Å². The minimum Gasteiger partial charge on any atom is -0.507 e. The third-order valence-electron chi connectivity index (χ3n) is 4.83. The molecule has 3 N–H and O–H groups in total. The predicted octanol–water partition coefficient (Wildman–Crippen LogP) is -0.636. The number of nitrogens with one attached hydrogen (secondary N) is 2. The highest BCUT2D eigenvalue weighted by Gasteiger charge is 2.23. The molecule has 0 aliphatic carbocycles. The van der Waals surface area contributed by atoms with Gasteiger partial charge in [0.25, 0.3) is 0 Å². The van der Waals surface area contributed by atoms with Gasteiger partial charge in [0.1, 0.15) is 38.5 Å². The van der Waals surface area contributed by atoms with Crippen molar-refractivity contribution in [1.82, 2.24) is 0 Å². The average Bonchev–Trinajstić information content (AvgIpc) is 2.52. The molecule has 0 amide bonds. The molecule has 0 atom stereocenters. The zero-order chi connectivity index (χ0) is 16.4. The summed E-state index contributed by atoms with van der Waals surface area (Å²) in [7, 11) is 2.21. The van der Waals surface area contributed by atoms with E-state index in [1.165, 1.54) is 4.90 Å². The number of piperazine rings is 1. The molecule has 2 aromatic rings. The summed E-state index contributed by atoms with van der Waals surface area (Å²) in [6.07, 6.45) is 1.82. The summed E-state index contributed by atoms with van der Waals surface area (Å²) in [5.74, 6) is 0.230. The highest BCUT2D eigenvalue weighted by molar-refractivity contribution is 5.85. The van der Waals surface area contributed by atoms with Gasteiger partial charge in [0.15, 0.2) is 5.58 Å². The van der Waals surface area contributed by atoms with Crippen molar-refractivity contribution in [2.45, 2.75) is 26.3 Å². The quantitative estimate of drug-likeness (QED) is 0.658. The summed E-state index contributed by atoms with van der Waals surface area (Å²) in [5.41, 5.74) is 2.02. The fourth-order valence-corrected chi connectivity index (χ4v) is 3.44. The Balaban J connectivity index is 2.01. The Morgan fingerprint density at radius 3 is 2.65 bits per heavy atom. The van der Waals surface area contributed by atoms with E-state index in [2.05, 4.69) is 14.0 Å². The molecule has 1 saturated heterocycles. The molecule has 23 heavy (non-hydrogen) atoms. The maximum atomic E-state index is 11.9. The highest BCUT2D eigenvalue weighted by atomic mass is 16.4. The van der Waals surface area contributed by atoms with E-state index in [1.54, 1.807) is 17.0 Å². The molecule has 1 fully saturated rings. The fraction of sp³-hybridized carbons (Fsp3) is 0.500. The van der Waals surface area contributed by atoms with Crippen LogP contribution in [0.15, 0.2) is 27.4 Å². The van der Waals surface area contributed by atoms with Crippen molar-refractivity contribution in [2.24, 2.45) is 0 Å². The smallest absolute Gasteiger partial charge is 0.336 e. The van der Waals surface area contributed by atoms with E-state index >= 15 is 0 Å². The van der Waals surface area contributed by atoms with Gasteiger partial charge in [-0.1, -0.05) is 13.3 Å². The van der Waals surface area contributed by atoms with Gasteiger partial charge in [-0.15, -0.1) is 0 Å². The van der Waals surface area contributed by atoms with Gasteiger partial charge in [-0.3, -0.25) is 0 Å². The number of phenolic OH excluding ortho intramolecular Hbond substituents is 1. The molecule has 0 unspecified atom stereocenters. The number of rotatable bonds is 4. The van der Waals surface area contributed by atoms with E-state index in [-0.39, 0.29) is 11.4 Å². The van der Waals surface area contributed by atoms with E-state index < -0.39 is 0 Å². The Kier molecular flexibility index (Phi) is 4.68. The van der Waals surface area contributed by atoms with Crippen LogP contribution in [0.25, 0.3) is 11.0 Å². The van der Waals surface area contributed by atoms with Crippen LogP contribution in [-0.2, 0) is 13.0 Å². The Hall–Kier alpha value is -1.85. The third kappa shape index (κ3) is 3.41. The standard InChI is InChI=1S/C18H24N2O3/c1-3-4-13-11-17(22)23-18-14(13)5-6-16(21)15(18)12-20-9-7-19(2)8-10-20/h5-6,11,21H,3-4,7-10,12H2,1-2H3/p+2. The van der Waals surface area contributed by atoms with E-state index in [0.717, 1.165) is 55.5 Å². The van der Waals surface area contributed by atoms with Crippen LogP contribution in [0.5, 0.6) is 5.75 Å². The molecule has 1 aliphatic heterocycles. The maximum absolute atomic E-state index is 11.9. The Morgan fingerprint density at radius 1 is 1.22 bits per heavy atom. The molecule has 1 aromatic carbocycles. The van der Waals surface area contributed by atoms with Crippen molar-refractivity contribution in [3.05, 3.63) is 39.7 Å². The lowest BCUT2D eigenvalue weighted by Crippen LogP contribution is -3.26. The summed E-state index contributed by atoms with van der Waals surface area (Å²) >= 11 is 0. The number of fused-ring (bicyclic) bond motifs is 1. The fourth-order valence-electron chi connectivity index (χ4n) is 3.44. The van der Waals surface area contributed by atoms with Crippen LogP contribution in [0, 0.1) is 0 Å². The molecule has 2 heterocycles. The summed E-state index contributed by atoms with van der Waals surface area (Å²) in [4.78, 5) is 14.9. The number of likely N-dealkylation sites (N-methyl/N-ethyl adjacent to an activating group) is 1. The molecule has 3 rings (SSSR count). The van der Waals surface area contributed by atoms with Crippen LogP contribution < -0.4 is 15.4 Å².